The van der Waals surface area contributed by atoms with E-state index in [-0.39, 0.29) is 17.8 Å². The summed E-state index contributed by atoms with van der Waals surface area (Å²) in [5, 5.41) is 7.10. The summed E-state index contributed by atoms with van der Waals surface area (Å²) in [4.78, 5) is 10.5. The van der Waals surface area contributed by atoms with Gasteiger partial charge in [0.15, 0.2) is 6.19 Å². The largest absolute Gasteiger partial charge is 0.368 e. The average molecular weight is 168 g/mol. The number of aromatic nitrogens is 3. The summed E-state index contributed by atoms with van der Waals surface area (Å²) < 4.78 is 0. The number of hydrogen-bond acceptors (Lipinski definition) is 8. The van der Waals surface area contributed by atoms with Gasteiger partial charge in [0.05, 0.1) is 0 Å². The molecule has 8 N–H and O–H groups in total. The van der Waals surface area contributed by atoms with E-state index in [1.54, 1.807) is 0 Å². The predicted octanol–water partition coefficient (Wildman–Crippen LogP) is -1.96. The van der Waals surface area contributed by atoms with Gasteiger partial charge in [0, 0.05) is 0 Å². The average Bonchev–Trinajstić information content (AvgIpc) is 1.84. The van der Waals surface area contributed by atoms with E-state index < -0.39 is 0 Å². The van der Waals surface area contributed by atoms with Crippen LogP contribution in [0.3, 0.4) is 0 Å². The molecule has 0 spiro atoms. The first-order chi connectivity index (χ1) is 5.60. The molecule has 12 heavy (non-hydrogen) atoms. The monoisotopic (exact) mass is 168 g/mol. The normalized spacial score (nSPS) is 7.58. The number of rotatable bonds is 0. The van der Waals surface area contributed by atoms with Crippen LogP contribution in [0.25, 0.3) is 0 Å². The molecule has 0 unspecified atom stereocenters. The maximum Gasteiger partial charge on any atom is 0.226 e. The Hall–Kier alpha value is -2.30. The second-order valence-electron chi connectivity index (χ2n) is 1.54. The van der Waals surface area contributed by atoms with Crippen LogP contribution in [0, 0.1) is 11.5 Å². The number of nitrogen functional groups attached to an aromatic ring is 3. The number of hydrogen-bond donors (Lipinski definition) is 4. The molecular formula is C4H8N8. The van der Waals surface area contributed by atoms with Crippen molar-refractivity contribution < 1.29 is 0 Å². The first-order valence-electron chi connectivity index (χ1n) is 2.72. The Morgan fingerprint density at radius 1 is 0.917 bits per heavy atom. The van der Waals surface area contributed by atoms with Gasteiger partial charge >= 0.3 is 0 Å². The molecule has 1 aromatic rings. The Morgan fingerprint density at radius 2 is 1.08 bits per heavy atom. The van der Waals surface area contributed by atoms with Crippen LogP contribution in [-0.2, 0) is 0 Å². The molecule has 0 saturated carbocycles. The fourth-order valence-electron chi connectivity index (χ4n) is 0.427. The SMILES string of the molecule is N#CN.Nc1nc(N)nc(N)n1. The lowest BCUT2D eigenvalue weighted by atomic mass is 10.9. The molecule has 1 heterocycles. The van der Waals surface area contributed by atoms with Crippen molar-refractivity contribution in [2.45, 2.75) is 0 Å². The van der Waals surface area contributed by atoms with Crippen LogP contribution in [0.15, 0.2) is 0 Å². The van der Waals surface area contributed by atoms with Crippen LogP contribution >= 0.6 is 0 Å². The van der Waals surface area contributed by atoms with E-state index in [9.17, 15) is 0 Å². The number of nitrogens with two attached hydrogens (primary N) is 4. The topological polar surface area (TPSA) is 167 Å². The second kappa shape index (κ2) is 4.51. The van der Waals surface area contributed by atoms with Gasteiger partial charge in [0.2, 0.25) is 17.8 Å². The molecular weight excluding hydrogens is 160 g/mol. The molecule has 8 heteroatoms. The van der Waals surface area contributed by atoms with Crippen LogP contribution in [0.5, 0.6) is 0 Å². The molecule has 0 fully saturated rings. The van der Waals surface area contributed by atoms with Crippen molar-refractivity contribution in [2.75, 3.05) is 17.2 Å². The molecule has 0 aromatic carbocycles. The molecule has 0 aliphatic heterocycles. The number of anilines is 3. The lowest BCUT2D eigenvalue weighted by Crippen LogP contribution is -2.05. The fourth-order valence-corrected chi connectivity index (χ4v) is 0.427. The van der Waals surface area contributed by atoms with E-state index >= 15 is 0 Å². The van der Waals surface area contributed by atoms with Gasteiger partial charge in [0.25, 0.3) is 0 Å². The predicted molar refractivity (Wildman–Crippen MR) is 42.9 cm³/mol. The lowest BCUT2D eigenvalue weighted by molar-refractivity contribution is 1.09. The van der Waals surface area contributed by atoms with Crippen molar-refractivity contribution in [1.82, 2.24) is 15.0 Å². The molecule has 0 saturated heterocycles. The molecule has 0 radical (unpaired) electrons. The molecule has 0 aliphatic carbocycles. The quantitative estimate of drug-likeness (QED) is 0.256. The first kappa shape index (κ1) is 9.70. The third-order valence-corrected chi connectivity index (χ3v) is 0.687. The minimum Gasteiger partial charge on any atom is -0.368 e. The van der Waals surface area contributed by atoms with Gasteiger partial charge in [-0.2, -0.15) is 20.2 Å². The van der Waals surface area contributed by atoms with Crippen LogP contribution in [0.1, 0.15) is 0 Å². The zero-order valence-corrected chi connectivity index (χ0v) is 6.10. The van der Waals surface area contributed by atoms with Gasteiger partial charge in [-0.1, -0.05) is 0 Å². The van der Waals surface area contributed by atoms with Crippen molar-refractivity contribution >= 4 is 17.8 Å². The summed E-state index contributed by atoms with van der Waals surface area (Å²) in [6.45, 7) is 0. The lowest BCUT2D eigenvalue weighted by Gasteiger charge is -1.93. The number of nitriles is 1. The second-order valence-corrected chi connectivity index (χ2v) is 1.54. The Labute approximate surface area is 68.2 Å². The van der Waals surface area contributed by atoms with Crippen LogP contribution < -0.4 is 22.9 Å². The minimum absolute atomic E-state index is 0.0417. The summed E-state index contributed by atoms with van der Waals surface area (Å²) in [7, 11) is 0. The summed E-state index contributed by atoms with van der Waals surface area (Å²) in [6, 6.07) is 0. The van der Waals surface area contributed by atoms with E-state index in [1.807, 2.05) is 0 Å². The third-order valence-electron chi connectivity index (χ3n) is 0.687. The zero-order valence-electron chi connectivity index (χ0n) is 6.10. The molecule has 0 atom stereocenters. The minimum atomic E-state index is 0.0417. The maximum atomic E-state index is 7.10. The van der Waals surface area contributed by atoms with Gasteiger partial charge in [-0.25, -0.2) is 0 Å². The highest BCUT2D eigenvalue weighted by atomic mass is 15.2. The van der Waals surface area contributed by atoms with Gasteiger partial charge in [-0.05, 0) is 0 Å². The van der Waals surface area contributed by atoms with E-state index in [0.717, 1.165) is 0 Å². The van der Waals surface area contributed by atoms with Crippen molar-refractivity contribution in [2.24, 2.45) is 5.73 Å². The fraction of sp³-hybridized carbons (Fsp3) is 0. The first-order valence-corrected chi connectivity index (χ1v) is 2.72. The Balaban J connectivity index is 0.000000354. The van der Waals surface area contributed by atoms with E-state index in [2.05, 4.69) is 20.7 Å². The van der Waals surface area contributed by atoms with Gasteiger partial charge < -0.3 is 22.9 Å². The molecule has 8 nitrogen and oxygen atoms in total. The van der Waals surface area contributed by atoms with E-state index in [1.165, 1.54) is 6.19 Å². The summed E-state index contributed by atoms with van der Waals surface area (Å²) in [5.74, 6) is 0.125. The van der Waals surface area contributed by atoms with E-state index in [4.69, 9.17) is 22.5 Å². The van der Waals surface area contributed by atoms with Crippen LogP contribution in [0.4, 0.5) is 17.8 Å². The Kier molecular flexibility index (Phi) is 3.64. The standard InChI is InChI=1S/C3H6N6.CH2N2/c4-1-7-2(5)9-3(6)8-1;2-1-3/h(H6,4,5,6,7,8,9);2H2. The van der Waals surface area contributed by atoms with Crippen molar-refractivity contribution in [3.8, 4) is 6.19 Å². The van der Waals surface area contributed by atoms with Crippen LogP contribution in [-0.4, -0.2) is 15.0 Å². The van der Waals surface area contributed by atoms with Gasteiger partial charge in [0.1, 0.15) is 0 Å². The molecule has 1 aromatic heterocycles. The molecule has 0 amide bonds. The van der Waals surface area contributed by atoms with Gasteiger partial charge in [-0.3, -0.25) is 0 Å². The highest BCUT2D eigenvalue weighted by molar-refractivity contribution is 5.33. The molecule has 1 rings (SSSR count). The highest BCUT2D eigenvalue weighted by Crippen LogP contribution is 1.97. The maximum absolute atomic E-state index is 7.10. The molecule has 64 valence electrons. The van der Waals surface area contributed by atoms with Crippen LogP contribution in [0.2, 0.25) is 0 Å². The summed E-state index contributed by atoms with van der Waals surface area (Å²) in [6.07, 6.45) is 1.25. The molecule has 0 bridgehead atoms. The highest BCUT2D eigenvalue weighted by Gasteiger charge is 1.93. The summed E-state index contributed by atoms with van der Waals surface area (Å²) >= 11 is 0. The van der Waals surface area contributed by atoms with Crippen molar-refractivity contribution in [1.29, 1.82) is 5.26 Å². The molecule has 0 aliphatic rings. The third kappa shape index (κ3) is 3.67. The van der Waals surface area contributed by atoms with Gasteiger partial charge in [-0.15, -0.1) is 0 Å². The van der Waals surface area contributed by atoms with E-state index in [0.29, 0.717) is 0 Å². The summed E-state index contributed by atoms with van der Waals surface area (Å²) in [5.41, 5.74) is 19.6. The number of nitrogens with zero attached hydrogens (tertiary/aromatic N) is 4. The van der Waals surface area contributed by atoms with Crippen molar-refractivity contribution in [3.63, 3.8) is 0 Å². The Morgan fingerprint density at radius 3 is 1.25 bits per heavy atom. The smallest absolute Gasteiger partial charge is 0.226 e. The zero-order chi connectivity index (χ0) is 9.56. The Bertz CT molecular complexity index is 237. The van der Waals surface area contributed by atoms with Crippen molar-refractivity contribution in [3.05, 3.63) is 0 Å².